The molecule has 0 radical (unpaired) electrons. The topological polar surface area (TPSA) is 26.3 Å². The Hall–Kier alpha value is -2.23. The van der Waals surface area contributed by atoms with Crippen molar-refractivity contribution in [1.82, 2.24) is 0 Å². The second-order valence-electron chi connectivity index (χ2n) is 9.08. The van der Waals surface area contributed by atoms with Crippen LogP contribution in [-0.2, 0) is 10.9 Å². The lowest BCUT2D eigenvalue weighted by Crippen LogP contribution is -2.22. The second-order valence-corrected chi connectivity index (χ2v) is 9.08. The molecule has 2 aliphatic carbocycles. The summed E-state index contributed by atoms with van der Waals surface area (Å²) in [4.78, 5) is 11.4. The standard InChI is InChI=1S/C26H30F2O2/c1-18-2-4-19(5-3-18)20-6-12-23(13-7-20)26(27,28)30-25-16-10-22(11-17-25)21-8-14-24(29)15-9-21/h6-7,10-13,16-19,21H,2-5,8-9,14-15H2,1H3. The van der Waals surface area contributed by atoms with Crippen LogP contribution in [0, 0.1) is 5.92 Å². The first kappa shape index (κ1) is 21.0. The summed E-state index contributed by atoms with van der Waals surface area (Å²) in [5, 5.41) is 0. The predicted octanol–water partition coefficient (Wildman–Crippen LogP) is 7.34. The molecule has 0 aromatic heterocycles. The number of hydrogen-bond donors (Lipinski definition) is 0. The molecule has 2 fully saturated rings. The smallest absolute Gasteiger partial charge is 0.426 e. The van der Waals surface area contributed by atoms with Crippen molar-refractivity contribution in [1.29, 1.82) is 0 Å². The number of rotatable bonds is 5. The number of benzene rings is 2. The molecule has 2 aliphatic rings. The van der Waals surface area contributed by atoms with E-state index in [9.17, 15) is 13.6 Å². The molecule has 0 spiro atoms. The molecule has 2 aromatic rings. The van der Waals surface area contributed by atoms with Gasteiger partial charge in [-0.1, -0.05) is 44.0 Å². The summed E-state index contributed by atoms with van der Waals surface area (Å²) in [5.74, 6) is 2.04. The largest absolute Gasteiger partial charge is 0.429 e. The number of ketones is 1. The van der Waals surface area contributed by atoms with Crippen molar-refractivity contribution in [2.45, 2.75) is 76.2 Å². The monoisotopic (exact) mass is 412 g/mol. The molecule has 0 saturated heterocycles. The average molecular weight is 413 g/mol. The van der Waals surface area contributed by atoms with E-state index >= 15 is 0 Å². The van der Waals surface area contributed by atoms with Gasteiger partial charge >= 0.3 is 6.11 Å². The lowest BCUT2D eigenvalue weighted by atomic mass is 9.79. The van der Waals surface area contributed by atoms with E-state index in [0.717, 1.165) is 42.7 Å². The van der Waals surface area contributed by atoms with Gasteiger partial charge in [-0.15, -0.1) is 0 Å². The molecule has 0 amide bonds. The van der Waals surface area contributed by atoms with Gasteiger partial charge in [-0.2, -0.15) is 8.78 Å². The van der Waals surface area contributed by atoms with Crippen LogP contribution < -0.4 is 4.74 Å². The van der Waals surface area contributed by atoms with E-state index in [4.69, 9.17) is 4.74 Å². The third kappa shape index (κ3) is 4.91. The zero-order chi connectivity index (χ0) is 21.1. The van der Waals surface area contributed by atoms with Crippen LogP contribution in [0.5, 0.6) is 5.75 Å². The molecule has 30 heavy (non-hydrogen) atoms. The first-order valence-electron chi connectivity index (χ1n) is 11.2. The van der Waals surface area contributed by atoms with Crippen LogP contribution in [0.2, 0.25) is 0 Å². The number of Topliss-reactive ketones (excluding diaryl/α,β-unsaturated/α-hetero) is 1. The maximum atomic E-state index is 14.7. The van der Waals surface area contributed by atoms with Crippen LogP contribution in [0.3, 0.4) is 0 Å². The Labute approximate surface area is 177 Å². The normalized spacial score (nSPS) is 23.4. The number of hydrogen-bond acceptors (Lipinski definition) is 2. The molecule has 2 nitrogen and oxygen atoms in total. The van der Waals surface area contributed by atoms with Crippen LogP contribution in [0.15, 0.2) is 48.5 Å². The summed E-state index contributed by atoms with van der Waals surface area (Å²) < 4.78 is 34.5. The molecule has 0 heterocycles. The third-order valence-corrected chi connectivity index (χ3v) is 6.87. The number of halogens is 2. The fourth-order valence-corrected chi connectivity index (χ4v) is 4.83. The molecule has 0 bridgehead atoms. The molecule has 4 heteroatoms. The van der Waals surface area contributed by atoms with Gasteiger partial charge in [-0.25, -0.2) is 0 Å². The number of alkyl halides is 2. The molecule has 160 valence electrons. The Balaban J connectivity index is 1.39. The van der Waals surface area contributed by atoms with Crippen LogP contribution in [0.4, 0.5) is 8.78 Å². The zero-order valence-corrected chi connectivity index (χ0v) is 17.6. The van der Waals surface area contributed by atoms with Crippen molar-refractivity contribution in [2.24, 2.45) is 5.92 Å². The van der Waals surface area contributed by atoms with E-state index in [1.165, 1.54) is 25.0 Å². The summed E-state index contributed by atoms with van der Waals surface area (Å²) in [6.07, 6.45) is 4.19. The van der Waals surface area contributed by atoms with Crippen LogP contribution in [0.25, 0.3) is 0 Å². The van der Waals surface area contributed by atoms with Crippen molar-refractivity contribution in [3.8, 4) is 5.75 Å². The fraction of sp³-hybridized carbons (Fsp3) is 0.500. The van der Waals surface area contributed by atoms with Crippen LogP contribution in [-0.4, -0.2) is 5.78 Å². The molecule has 0 N–H and O–H groups in total. The van der Waals surface area contributed by atoms with Gasteiger partial charge in [-0.05, 0) is 78.8 Å². The second kappa shape index (κ2) is 8.87. The quantitative estimate of drug-likeness (QED) is 0.514. The van der Waals surface area contributed by atoms with Gasteiger partial charge < -0.3 is 4.74 Å². The molecule has 4 rings (SSSR count). The molecule has 0 atom stereocenters. The molecule has 2 aromatic carbocycles. The first-order chi connectivity index (χ1) is 14.4. The van der Waals surface area contributed by atoms with E-state index in [1.807, 2.05) is 24.3 Å². The third-order valence-electron chi connectivity index (χ3n) is 6.87. The Bertz CT molecular complexity index is 840. The number of carbonyl (C=O) groups excluding carboxylic acids is 1. The van der Waals surface area contributed by atoms with Crippen molar-refractivity contribution < 1.29 is 18.3 Å². The SMILES string of the molecule is CC1CCC(c2ccc(C(F)(F)Oc3ccc(C4CCC(=O)CC4)cc3)cc2)CC1. The maximum Gasteiger partial charge on any atom is 0.426 e. The van der Waals surface area contributed by atoms with Crippen molar-refractivity contribution in [2.75, 3.05) is 0 Å². The van der Waals surface area contributed by atoms with E-state index < -0.39 is 6.11 Å². The summed E-state index contributed by atoms with van der Waals surface area (Å²) in [6, 6.07) is 13.6. The van der Waals surface area contributed by atoms with Gasteiger partial charge in [0.1, 0.15) is 11.5 Å². The first-order valence-corrected chi connectivity index (χ1v) is 11.2. The predicted molar refractivity (Wildman–Crippen MR) is 114 cm³/mol. The van der Waals surface area contributed by atoms with Gasteiger partial charge in [0.15, 0.2) is 0 Å². The molecular weight excluding hydrogens is 382 g/mol. The summed E-state index contributed by atoms with van der Waals surface area (Å²) in [6.45, 7) is 2.28. The van der Waals surface area contributed by atoms with Crippen molar-refractivity contribution in [3.05, 3.63) is 65.2 Å². The van der Waals surface area contributed by atoms with E-state index in [-0.39, 0.29) is 11.3 Å². The van der Waals surface area contributed by atoms with Gasteiger partial charge in [0, 0.05) is 12.8 Å². The van der Waals surface area contributed by atoms with E-state index in [1.54, 1.807) is 12.1 Å². The summed E-state index contributed by atoms with van der Waals surface area (Å²) in [5.41, 5.74) is 2.12. The van der Waals surface area contributed by atoms with Crippen LogP contribution >= 0.6 is 0 Å². The Kier molecular flexibility index (Phi) is 6.21. The highest BCUT2D eigenvalue weighted by Crippen LogP contribution is 2.38. The maximum absolute atomic E-state index is 14.7. The van der Waals surface area contributed by atoms with Gasteiger partial charge in [-0.3, -0.25) is 4.79 Å². The summed E-state index contributed by atoms with van der Waals surface area (Å²) in [7, 11) is 0. The van der Waals surface area contributed by atoms with Crippen molar-refractivity contribution >= 4 is 5.78 Å². The van der Waals surface area contributed by atoms with Gasteiger partial charge in [0.2, 0.25) is 0 Å². The van der Waals surface area contributed by atoms with Gasteiger partial charge in [0.25, 0.3) is 0 Å². The lowest BCUT2D eigenvalue weighted by molar-refractivity contribution is -0.185. The number of ether oxygens (including phenoxy) is 1. The highest BCUT2D eigenvalue weighted by Gasteiger charge is 2.35. The minimum absolute atomic E-state index is 0.120. The van der Waals surface area contributed by atoms with E-state index in [0.29, 0.717) is 30.5 Å². The van der Waals surface area contributed by atoms with Gasteiger partial charge in [0.05, 0.1) is 5.56 Å². The van der Waals surface area contributed by atoms with Crippen LogP contribution in [0.1, 0.15) is 86.8 Å². The Morgan fingerprint density at radius 3 is 1.83 bits per heavy atom. The highest BCUT2D eigenvalue weighted by atomic mass is 19.3. The summed E-state index contributed by atoms with van der Waals surface area (Å²) >= 11 is 0. The minimum Gasteiger partial charge on any atom is -0.429 e. The lowest BCUT2D eigenvalue weighted by Gasteiger charge is -2.27. The van der Waals surface area contributed by atoms with Crippen molar-refractivity contribution in [3.63, 3.8) is 0 Å². The number of carbonyl (C=O) groups is 1. The zero-order valence-electron chi connectivity index (χ0n) is 17.6. The van der Waals surface area contributed by atoms with E-state index in [2.05, 4.69) is 6.92 Å². The molecule has 0 unspecified atom stereocenters. The Morgan fingerprint density at radius 1 is 0.767 bits per heavy atom. The molecule has 0 aliphatic heterocycles. The minimum atomic E-state index is -3.38. The Morgan fingerprint density at radius 2 is 1.27 bits per heavy atom. The molecular formula is C26H30F2O2. The average Bonchev–Trinajstić information content (AvgIpc) is 2.75. The highest BCUT2D eigenvalue weighted by molar-refractivity contribution is 5.79. The fourth-order valence-electron chi connectivity index (χ4n) is 4.83. The molecule has 2 saturated carbocycles.